The van der Waals surface area contributed by atoms with Gasteiger partial charge >= 0.3 is 11.9 Å². The number of carboxylic acids is 2. The molecule has 0 fully saturated rings. The first-order valence-corrected chi connectivity index (χ1v) is 26.0. The number of phenols is 2. The summed E-state index contributed by atoms with van der Waals surface area (Å²) in [5.41, 5.74) is 12.8. The lowest BCUT2D eigenvalue weighted by molar-refractivity contribution is -0.142. The molecule has 0 saturated heterocycles. The predicted molar refractivity (Wildman–Crippen MR) is 281 cm³/mol. The molecule has 0 bridgehead atoms. The summed E-state index contributed by atoms with van der Waals surface area (Å²) in [5.74, 6) is -9.63. The molecule has 3 aromatic carbocycles. The molecular formula is C51H70N10O15S. The minimum absolute atomic E-state index is 0.0161. The fraction of sp³-hybridized carbons (Fsp3) is 0.451. The number of hydrogen-bond acceptors (Lipinski definition) is 16. The van der Waals surface area contributed by atoms with Gasteiger partial charge in [0.25, 0.3) is 0 Å². The minimum atomic E-state index is -1.75. The van der Waals surface area contributed by atoms with E-state index in [-0.39, 0.29) is 56.6 Å². The van der Waals surface area contributed by atoms with Gasteiger partial charge < -0.3 is 79.5 Å². The molecule has 0 saturated carbocycles. The zero-order valence-corrected chi connectivity index (χ0v) is 43.5. The maximum atomic E-state index is 14.2. The van der Waals surface area contributed by atoms with E-state index in [1.807, 2.05) is 0 Å². The number of nitrogens with one attached hydrogen (secondary N) is 8. The van der Waals surface area contributed by atoms with Crippen LogP contribution in [0.3, 0.4) is 0 Å². The monoisotopic (exact) mass is 1090 g/mol. The number of aliphatic carboxylic acids is 2. The summed E-state index contributed by atoms with van der Waals surface area (Å²) in [4.78, 5) is 132. The number of aromatic hydroxyl groups is 2. The average Bonchev–Trinajstić information content (AvgIpc) is 3.39. The highest BCUT2D eigenvalue weighted by Crippen LogP contribution is 2.15. The zero-order valence-electron chi connectivity index (χ0n) is 42.7. The van der Waals surface area contributed by atoms with Gasteiger partial charge in [-0.2, -0.15) is 11.8 Å². The standard InChI is InChI=1S/C51H70N10O15S/c1-29(53)44(68)56-36(19-20-43(66)67)47(71)57-37(21-23-77-2)45(69)54-27-42(65)55-35(10-6-7-22-52)46(70)58-39(25-31-11-15-33(63)16-12-31)49(73)61-41(28-62)50(74)59-38(24-30-8-4-3-5-9-30)48(72)60-40(51(75)76)26-32-13-17-34(64)18-14-32/h3-5,8-9,11-18,29,35-41,62-64H,6-7,10,19-28,52-53H2,1-2H3,(H,54,69)(H,55,65)(H,56,68)(H,57,71)(H,58,70)(H,59,74)(H,60,72)(H,61,73)(H,66,67)(H,75,76)/t29-,35-,36-,37-,38-,39-,40-,41-/m0/s1. The van der Waals surface area contributed by atoms with Crippen LogP contribution < -0.4 is 54.0 Å². The summed E-state index contributed by atoms with van der Waals surface area (Å²) >= 11 is 1.34. The Labute approximate surface area is 448 Å². The molecule has 8 atom stereocenters. The first-order chi connectivity index (χ1) is 36.6. The average molecular weight is 1100 g/mol. The molecule has 17 N–H and O–H groups in total. The van der Waals surface area contributed by atoms with Gasteiger partial charge in [-0.25, -0.2) is 4.79 Å². The number of phenolic OH excluding ortho intramolecular Hbond substituents is 2. The highest BCUT2D eigenvalue weighted by molar-refractivity contribution is 7.98. The van der Waals surface area contributed by atoms with E-state index in [9.17, 15) is 73.5 Å². The Kier molecular flexibility index (Phi) is 27.4. The number of thioether (sulfide) groups is 1. The number of benzene rings is 3. The summed E-state index contributed by atoms with van der Waals surface area (Å²) in [6.07, 6.45) is 1.08. The van der Waals surface area contributed by atoms with Crippen molar-refractivity contribution in [1.82, 2.24) is 42.5 Å². The molecular weight excluding hydrogens is 1020 g/mol. The van der Waals surface area contributed by atoms with Crippen molar-refractivity contribution in [1.29, 1.82) is 0 Å². The second-order valence-corrected chi connectivity index (χ2v) is 18.9. The fourth-order valence-electron chi connectivity index (χ4n) is 7.40. The molecule has 25 nitrogen and oxygen atoms in total. The second kappa shape index (κ2) is 33.3. The molecule has 3 aromatic rings. The maximum Gasteiger partial charge on any atom is 0.326 e. The fourth-order valence-corrected chi connectivity index (χ4v) is 7.87. The number of nitrogens with two attached hydrogens (primary N) is 2. The highest BCUT2D eigenvalue weighted by atomic mass is 32.2. The lowest BCUT2D eigenvalue weighted by Crippen LogP contribution is -2.60. The third-order valence-electron chi connectivity index (χ3n) is 11.7. The summed E-state index contributed by atoms with van der Waals surface area (Å²) < 4.78 is 0. The number of aliphatic hydroxyl groups excluding tert-OH is 1. The Morgan fingerprint density at radius 3 is 1.43 bits per heavy atom. The third-order valence-corrected chi connectivity index (χ3v) is 12.3. The van der Waals surface area contributed by atoms with Gasteiger partial charge in [0.1, 0.15) is 53.8 Å². The summed E-state index contributed by atoms with van der Waals surface area (Å²) in [6.45, 7) is -0.147. The number of aliphatic hydroxyl groups is 1. The Hall–Kier alpha value is -7.81. The summed E-state index contributed by atoms with van der Waals surface area (Å²) in [5, 5.41) is 69.0. The zero-order chi connectivity index (χ0) is 57.0. The number of carbonyl (C=O) groups is 10. The molecule has 26 heteroatoms. The molecule has 0 aromatic heterocycles. The molecule has 0 unspecified atom stereocenters. The number of rotatable bonds is 34. The quantitative estimate of drug-likeness (QED) is 0.0282. The highest BCUT2D eigenvalue weighted by Gasteiger charge is 2.34. The van der Waals surface area contributed by atoms with E-state index in [4.69, 9.17) is 11.5 Å². The van der Waals surface area contributed by atoms with Crippen LogP contribution in [0.15, 0.2) is 78.9 Å². The first kappa shape index (κ1) is 63.5. The van der Waals surface area contributed by atoms with E-state index >= 15 is 0 Å². The van der Waals surface area contributed by atoms with Crippen molar-refractivity contribution in [3.8, 4) is 11.5 Å². The van der Waals surface area contributed by atoms with Crippen molar-refractivity contribution in [2.24, 2.45) is 11.5 Å². The lowest BCUT2D eigenvalue weighted by Gasteiger charge is -2.27. The van der Waals surface area contributed by atoms with Gasteiger partial charge in [-0.3, -0.25) is 43.2 Å². The largest absolute Gasteiger partial charge is 0.508 e. The topological polar surface area (TPSA) is 420 Å². The predicted octanol–water partition coefficient (Wildman–Crippen LogP) is -2.19. The van der Waals surface area contributed by atoms with E-state index in [1.165, 1.54) is 67.2 Å². The van der Waals surface area contributed by atoms with Gasteiger partial charge in [0, 0.05) is 25.7 Å². The number of amides is 8. The van der Waals surface area contributed by atoms with Crippen molar-refractivity contribution in [2.45, 2.75) is 113 Å². The van der Waals surface area contributed by atoms with Crippen LogP contribution in [-0.4, -0.2) is 165 Å². The lowest BCUT2D eigenvalue weighted by atomic mass is 10.0. The van der Waals surface area contributed by atoms with Crippen LogP contribution in [-0.2, 0) is 67.2 Å². The van der Waals surface area contributed by atoms with Gasteiger partial charge in [0.15, 0.2) is 0 Å². The molecule has 0 aliphatic heterocycles. The number of carbonyl (C=O) groups excluding carboxylic acids is 8. The molecule has 0 spiro atoms. The van der Waals surface area contributed by atoms with Crippen molar-refractivity contribution in [3.05, 3.63) is 95.6 Å². The van der Waals surface area contributed by atoms with E-state index in [1.54, 1.807) is 36.6 Å². The Morgan fingerprint density at radius 1 is 0.519 bits per heavy atom. The summed E-state index contributed by atoms with van der Waals surface area (Å²) in [6, 6.07) is 8.40. The summed E-state index contributed by atoms with van der Waals surface area (Å²) in [7, 11) is 0. The molecule has 0 aliphatic carbocycles. The van der Waals surface area contributed by atoms with Crippen LogP contribution >= 0.6 is 11.8 Å². The number of hydrogen-bond donors (Lipinski definition) is 15. The first-order valence-electron chi connectivity index (χ1n) is 24.6. The van der Waals surface area contributed by atoms with Crippen LogP contribution in [0.2, 0.25) is 0 Å². The third kappa shape index (κ3) is 23.3. The Morgan fingerprint density at radius 2 is 0.948 bits per heavy atom. The van der Waals surface area contributed by atoms with E-state index in [0.717, 1.165) is 0 Å². The molecule has 0 aliphatic rings. The maximum absolute atomic E-state index is 14.2. The van der Waals surface area contributed by atoms with Crippen LogP contribution in [0.25, 0.3) is 0 Å². The Bertz CT molecular complexity index is 2450. The van der Waals surface area contributed by atoms with Gasteiger partial charge in [-0.1, -0.05) is 54.6 Å². The Balaban J connectivity index is 1.83. The molecule has 3 rings (SSSR count). The van der Waals surface area contributed by atoms with Gasteiger partial charge in [0.05, 0.1) is 19.2 Å². The van der Waals surface area contributed by atoms with Crippen LogP contribution in [0, 0.1) is 0 Å². The smallest absolute Gasteiger partial charge is 0.326 e. The second-order valence-electron chi connectivity index (χ2n) is 17.9. The number of carboxylic acid groups (broad SMARTS) is 2. The van der Waals surface area contributed by atoms with Crippen LogP contribution in [0.1, 0.15) is 62.1 Å². The van der Waals surface area contributed by atoms with Gasteiger partial charge in [0.2, 0.25) is 47.3 Å². The normalized spacial score (nSPS) is 14.0. The number of unbranched alkanes of at least 4 members (excludes halogenated alkanes) is 1. The van der Waals surface area contributed by atoms with Gasteiger partial charge in [-0.15, -0.1) is 0 Å². The van der Waals surface area contributed by atoms with Crippen LogP contribution in [0.4, 0.5) is 0 Å². The van der Waals surface area contributed by atoms with Crippen molar-refractivity contribution < 1.29 is 73.5 Å². The molecule has 77 heavy (non-hydrogen) atoms. The minimum Gasteiger partial charge on any atom is -0.508 e. The molecule has 0 radical (unpaired) electrons. The van der Waals surface area contributed by atoms with Crippen molar-refractivity contribution in [3.63, 3.8) is 0 Å². The van der Waals surface area contributed by atoms with Crippen molar-refractivity contribution >= 4 is 71.0 Å². The SMILES string of the molecule is CSCC[C@H](NC(=O)[C@H](CCC(=O)O)NC(=O)[C@H](C)N)C(=O)NCC(=O)N[C@@H](CCCCN)C(=O)N[C@@H](Cc1ccc(O)cc1)C(=O)N[C@@H](CO)C(=O)N[C@@H](Cc1ccccc1)C(=O)N[C@@H](Cc1ccc(O)cc1)C(=O)O. The van der Waals surface area contributed by atoms with E-state index < -0.39 is 127 Å². The molecule has 0 heterocycles. The van der Waals surface area contributed by atoms with Crippen molar-refractivity contribution in [2.75, 3.05) is 31.7 Å². The molecule has 420 valence electrons. The van der Waals surface area contributed by atoms with Gasteiger partial charge in [-0.05, 0) is 98.5 Å². The molecule has 8 amide bonds. The van der Waals surface area contributed by atoms with Crippen LogP contribution in [0.5, 0.6) is 11.5 Å². The van der Waals surface area contributed by atoms with E-state index in [0.29, 0.717) is 35.3 Å². The van der Waals surface area contributed by atoms with E-state index in [2.05, 4.69) is 42.5 Å².